The first kappa shape index (κ1) is 22.1. The minimum absolute atomic E-state index is 0. The van der Waals surface area contributed by atoms with Gasteiger partial charge in [-0.25, -0.2) is 17.5 Å². The first-order chi connectivity index (χ1) is 11.1. The van der Waals surface area contributed by atoms with Crippen LogP contribution in [0, 0.1) is 12.7 Å². The van der Waals surface area contributed by atoms with E-state index >= 15 is 0 Å². The largest absolute Gasteiger partial charge is 0.405 e. The molecule has 2 N–H and O–H groups in total. The zero-order chi connectivity index (χ0) is 18.0. The Balaban J connectivity index is 0.00000312. The summed E-state index contributed by atoms with van der Waals surface area (Å²) in [5.41, 5.74) is 0.514. The molecule has 1 heterocycles. The summed E-state index contributed by atoms with van der Waals surface area (Å²) in [6, 6.07) is 1.49. The van der Waals surface area contributed by atoms with Crippen LogP contribution in [-0.2, 0) is 10.0 Å². The first-order valence-electron chi connectivity index (χ1n) is 7.38. The Labute approximate surface area is 150 Å². The highest BCUT2D eigenvalue weighted by Crippen LogP contribution is 2.25. The monoisotopic (exact) mass is 405 g/mol. The van der Waals surface area contributed by atoms with Crippen LogP contribution in [0.3, 0.4) is 0 Å². The topological polar surface area (TPSA) is 61.4 Å². The van der Waals surface area contributed by atoms with Crippen LogP contribution in [0.1, 0.15) is 5.56 Å². The molecule has 144 valence electrons. The van der Waals surface area contributed by atoms with Crippen molar-refractivity contribution < 1.29 is 26.0 Å². The molecule has 0 bridgehead atoms. The van der Waals surface area contributed by atoms with Gasteiger partial charge in [0, 0.05) is 32.7 Å². The molecule has 1 saturated heterocycles. The molecule has 0 saturated carbocycles. The molecule has 1 unspecified atom stereocenters. The van der Waals surface area contributed by atoms with Gasteiger partial charge in [0.1, 0.15) is 16.8 Å². The van der Waals surface area contributed by atoms with Gasteiger partial charge < -0.3 is 5.32 Å². The van der Waals surface area contributed by atoms with Crippen LogP contribution in [-0.4, -0.2) is 58.3 Å². The zero-order valence-corrected chi connectivity index (χ0v) is 15.1. The lowest BCUT2D eigenvalue weighted by Crippen LogP contribution is -2.57. The lowest BCUT2D eigenvalue weighted by atomic mass is 10.2. The predicted octanol–water partition coefficient (Wildman–Crippen LogP) is 1.67. The minimum atomic E-state index is -4.59. The Morgan fingerprint density at radius 1 is 1.28 bits per heavy atom. The summed E-state index contributed by atoms with van der Waals surface area (Å²) in [7, 11) is -4.37. The van der Waals surface area contributed by atoms with Gasteiger partial charge in [-0.2, -0.15) is 13.2 Å². The molecule has 0 spiro atoms. The molecule has 1 atom stereocenters. The molecule has 25 heavy (non-hydrogen) atoms. The average molecular weight is 406 g/mol. The minimum Gasteiger partial charge on any atom is -0.314 e. The second-order valence-electron chi connectivity index (χ2n) is 5.63. The van der Waals surface area contributed by atoms with E-state index in [-0.39, 0.29) is 25.5 Å². The molecule has 1 aliphatic heterocycles. The van der Waals surface area contributed by atoms with E-state index in [1.54, 1.807) is 6.92 Å². The molecule has 5 nitrogen and oxygen atoms in total. The summed E-state index contributed by atoms with van der Waals surface area (Å²) < 4.78 is 79.7. The fourth-order valence-corrected chi connectivity index (χ4v) is 3.63. The van der Waals surface area contributed by atoms with Gasteiger partial charge in [-0.15, -0.1) is 12.4 Å². The highest BCUT2D eigenvalue weighted by Gasteiger charge is 2.44. The second-order valence-corrected chi connectivity index (χ2v) is 7.36. The Hall–Kier alpha value is -0.940. The standard InChI is InChI=1S/C14H19F4N3O2S.ClH/c1-10-2-3-12(11(15)8-10)24(22,23)20-9-13(14(16,17)18)21-6-4-19-5-7-21;/h2-3,8,13,19-20H,4-7,9H2,1H3;1H. The molecular formula is C14H20ClF4N3O2S. The lowest BCUT2D eigenvalue weighted by Gasteiger charge is -2.35. The number of aryl methyl sites for hydroxylation is 1. The van der Waals surface area contributed by atoms with Gasteiger partial charge in [-0.3, -0.25) is 4.90 Å². The highest BCUT2D eigenvalue weighted by atomic mass is 35.5. The molecule has 1 aromatic carbocycles. The van der Waals surface area contributed by atoms with E-state index in [1.807, 2.05) is 4.72 Å². The van der Waals surface area contributed by atoms with Crippen molar-refractivity contribution in [2.75, 3.05) is 32.7 Å². The SMILES string of the molecule is Cc1ccc(S(=O)(=O)NCC(N2CCNCC2)C(F)(F)F)c(F)c1.Cl. The third-order valence-corrected chi connectivity index (χ3v) is 5.27. The number of hydrogen-bond acceptors (Lipinski definition) is 4. The van der Waals surface area contributed by atoms with Crippen LogP contribution >= 0.6 is 12.4 Å². The van der Waals surface area contributed by atoms with E-state index < -0.39 is 39.5 Å². The van der Waals surface area contributed by atoms with Crippen molar-refractivity contribution in [3.05, 3.63) is 29.6 Å². The predicted molar refractivity (Wildman–Crippen MR) is 87.9 cm³/mol. The molecule has 1 fully saturated rings. The fourth-order valence-electron chi connectivity index (χ4n) is 2.54. The number of hydrogen-bond donors (Lipinski definition) is 2. The van der Waals surface area contributed by atoms with Gasteiger partial charge in [-0.1, -0.05) is 6.07 Å². The van der Waals surface area contributed by atoms with Gasteiger partial charge in [0.25, 0.3) is 0 Å². The number of halogens is 5. The van der Waals surface area contributed by atoms with Crippen molar-refractivity contribution in [2.24, 2.45) is 0 Å². The van der Waals surface area contributed by atoms with Crippen LogP contribution in [0.15, 0.2) is 23.1 Å². The van der Waals surface area contributed by atoms with E-state index in [0.717, 1.165) is 12.1 Å². The maximum atomic E-state index is 13.8. The summed E-state index contributed by atoms with van der Waals surface area (Å²) in [4.78, 5) is 0.513. The number of sulfonamides is 1. The van der Waals surface area contributed by atoms with E-state index in [1.165, 1.54) is 11.0 Å². The van der Waals surface area contributed by atoms with Crippen LogP contribution < -0.4 is 10.0 Å². The zero-order valence-electron chi connectivity index (χ0n) is 13.4. The Bertz CT molecular complexity index is 679. The Kier molecular flexibility index (Phi) is 7.63. The molecular weight excluding hydrogens is 386 g/mol. The highest BCUT2D eigenvalue weighted by molar-refractivity contribution is 7.89. The maximum absolute atomic E-state index is 13.8. The van der Waals surface area contributed by atoms with Crippen molar-refractivity contribution >= 4 is 22.4 Å². The van der Waals surface area contributed by atoms with Crippen molar-refractivity contribution in [2.45, 2.75) is 24.0 Å². The molecule has 1 aliphatic rings. The Morgan fingerprint density at radius 3 is 2.40 bits per heavy atom. The first-order valence-corrected chi connectivity index (χ1v) is 8.87. The van der Waals surface area contributed by atoms with Crippen LogP contribution in [0.25, 0.3) is 0 Å². The van der Waals surface area contributed by atoms with E-state index in [9.17, 15) is 26.0 Å². The summed E-state index contributed by atoms with van der Waals surface area (Å²) in [6.07, 6.45) is -4.59. The molecule has 0 aromatic heterocycles. The quantitative estimate of drug-likeness (QED) is 0.732. The van der Waals surface area contributed by atoms with E-state index in [2.05, 4.69) is 5.32 Å². The van der Waals surface area contributed by atoms with Crippen LogP contribution in [0.5, 0.6) is 0 Å². The van der Waals surface area contributed by atoms with Crippen molar-refractivity contribution in [1.29, 1.82) is 0 Å². The van der Waals surface area contributed by atoms with E-state index in [0.29, 0.717) is 18.7 Å². The van der Waals surface area contributed by atoms with Crippen molar-refractivity contribution in [1.82, 2.24) is 14.9 Å². The fraction of sp³-hybridized carbons (Fsp3) is 0.571. The van der Waals surface area contributed by atoms with Crippen LogP contribution in [0.4, 0.5) is 17.6 Å². The molecule has 0 amide bonds. The van der Waals surface area contributed by atoms with Gasteiger partial charge >= 0.3 is 6.18 Å². The van der Waals surface area contributed by atoms with E-state index in [4.69, 9.17) is 0 Å². The van der Waals surface area contributed by atoms with Gasteiger partial charge in [0.15, 0.2) is 0 Å². The number of alkyl halides is 3. The second kappa shape index (κ2) is 8.63. The summed E-state index contributed by atoms with van der Waals surface area (Å²) in [5.74, 6) is -0.992. The summed E-state index contributed by atoms with van der Waals surface area (Å²) >= 11 is 0. The van der Waals surface area contributed by atoms with Crippen LogP contribution in [0.2, 0.25) is 0 Å². The number of rotatable bonds is 5. The smallest absolute Gasteiger partial charge is 0.314 e. The summed E-state index contributed by atoms with van der Waals surface area (Å²) in [5, 5.41) is 2.93. The average Bonchev–Trinajstić information content (AvgIpc) is 2.46. The number of piperazine rings is 1. The molecule has 0 radical (unpaired) electrons. The number of nitrogens with one attached hydrogen (secondary N) is 2. The van der Waals surface area contributed by atoms with Gasteiger partial charge in [0.05, 0.1) is 0 Å². The number of benzene rings is 1. The summed E-state index contributed by atoms with van der Waals surface area (Å²) in [6.45, 7) is 1.82. The third-order valence-electron chi connectivity index (χ3n) is 3.81. The van der Waals surface area contributed by atoms with Crippen molar-refractivity contribution in [3.63, 3.8) is 0 Å². The molecule has 1 aromatic rings. The Morgan fingerprint density at radius 2 is 1.88 bits per heavy atom. The molecule has 2 rings (SSSR count). The molecule has 0 aliphatic carbocycles. The van der Waals surface area contributed by atoms with Crippen molar-refractivity contribution in [3.8, 4) is 0 Å². The maximum Gasteiger partial charge on any atom is 0.405 e. The van der Waals surface area contributed by atoms with Gasteiger partial charge in [0.2, 0.25) is 10.0 Å². The lowest BCUT2D eigenvalue weighted by molar-refractivity contribution is -0.182. The van der Waals surface area contributed by atoms with Gasteiger partial charge in [-0.05, 0) is 24.6 Å². The third kappa shape index (κ3) is 5.78. The normalized spacial score (nSPS) is 17.8. The number of nitrogens with zero attached hydrogens (tertiary/aromatic N) is 1. The molecule has 11 heteroatoms.